The van der Waals surface area contributed by atoms with Gasteiger partial charge in [-0.1, -0.05) is 23.4 Å². The molecule has 0 radical (unpaired) electrons. The number of para-hydroxylation sites is 1. The Morgan fingerprint density at radius 1 is 1.12 bits per heavy atom. The molecule has 0 spiro atoms. The second-order valence-electron chi connectivity index (χ2n) is 5.79. The molecular weight excluding hydrogens is 318 g/mol. The molecule has 1 fully saturated rings. The molecule has 3 heterocycles. The second-order valence-corrected chi connectivity index (χ2v) is 5.79. The number of benzene rings is 1. The number of nitrogens with zero attached hydrogens (tertiary/aromatic N) is 6. The predicted molar refractivity (Wildman–Crippen MR) is 92.8 cm³/mol. The number of nitrogens with one attached hydrogen (secondary N) is 1. The van der Waals surface area contributed by atoms with Crippen molar-refractivity contribution in [1.29, 1.82) is 0 Å². The van der Waals surface area contributed by atoms with Gasteiger partial charge in [0.1, 0.15) is 12.0 Å². The average molecular weight is 335 g/mol. The van der Waals surface area contributed by atoms with Crippen LogP contribution in [0, 0.1) is 0 Å². The molecule has 0 aliphatic carbocycles. The van der Waals surface area contributed by atoms with E-state index in [2.05, 4.69) is 30.5 Å². The number of rotatable bonds is 4. The van der Waals surface area contributed by atoms with E-state index in [1.54, 1.807) is 17.1 Å². The number of amides is 1. The highest BCUT2D eigenvalue weighted by Gasteiger charge is 2.20. The van der Waals surface area contributed by atoms with Crippen LogP contribution in [0.3, 0.4) is 0 Å². The largest absolute Gasteiger partial charge is 0.355 e. The third-order valence-electron chi connectivity index (χ3n) is 4.09. The summed E-state index contributed by atoms with van der Waals surface area (Å²) in [5, 5.41) is 10.8. The lowest BCUT2D eigenvalue weighted by atomic mass is 10.3. The molecule has 25 heavy (non-hydrogen) atoms. The first kappa shape index (κ1) is 15.3. The number of hydrogen-bond donors (Lipinski definition) is 1. The van der Waals surface area contributed by atoms with E-state index in [4.69, 9.17) is 0 Å². The molecule has 0 atom stereocenters. The maximum atomic E-state index is 12.5. The van der Waals surface area contributed by atoms with E-state index in [0.29, 0.717) is 5.69 Å². The van der Waals surface area contributed by atoms with Gasteiger partial charge in [-0.15, -0.1) is 5.10 Å². The number of hydrogen-bond acceptors (Lipinski definition) is 6. The molecule has 0 saturated carbocycles. The summed E-state index contributed by atoms with van der Waals surface area (Å²) < 4.78 is 1.57. The molecule has 0 unspecified atom stereocenters. The van der Waals surface area contributed by atoms with Crippen molar-refractivity contribution in [2.75, 3.05) is 23.3 Å². The highest BCUT2D eigenvalue weighted by molar-refractivity contribution is 6.04. The van der Waals surface area contributed by atoms with Gasteiger partial charge in [0.2, 0.25) is 0 Å². The molecule has 1 aromatic carbocycles. The predicted octanol–water partition coefficient (Wildman–Crippen LogP) is 1.91. The molecule has 2 aromatic heterocycles. The van der Waals surface area contributed by atoms with Crippen molar-refractivity contribution in [3.8, 4) is 5.69 Å². The smallest absolute Gasteiger partial charge is 0.278 e. The zero-order valence-corrected chi connectivity index (χ0v) is 13.5. The van der Waals surface area contributed by atoms with Gasteiger partial charge >= 0.3 is 0 Å². The van der Waals surface area contributed by atoms with Gasteiger partial charge in [0, 0.05) is 13.1 Å². The summed E-state index contributed by atoms with van der Waals surface area (Å²) in [5.41, 5.74) is 1.67. The Morgan fingerprint density at radius 3 is 2.72 bits per heavy atom. The molecule has 0 bridgehead atoms. The molecule has 1 aliphatic rings. The van der Waals surface area contributed by atoms with Crippen molar-refractivity contribution < 1.29 is 4.79 Å². The van der Waals surface area contributed by atoms with Crippen molar-refractivity contribution in [2.24, 2.45) is 0 Å². The van der Waals surface area contributed by atoms with Gasteiger partial charge in [0.25, 0.3) is 5.91 Å². The maximum absolute atomic E-state index is 12.5. The monoisotopic (exact) mass is 335 g/mol. The fourth-order valence-electron chi connectivity index (χ4n) is 2.85. The Morgan fingerprint density at radius 2 is 1.92 bits per heavy atom. The summed E-state index contributed by atoms with van der Waals surface area (Å²) in [6, 6.07) is 9.52. The molecule has 3 aromatic rings. The van der Waals surface area contributed by atoms with Gasteiger partial charge in [-0.05, 0) is 25.0 Å². The van der Waals surface area contributed by atoms with E-state index in [0.717, 1.165) is 37.4 Å². The lowest BCUT2D eigenvalue weighted by molar-refractivity contribution is 0.102. The third kappa shape index (κ3) is 3.18. The first-order valence-electron chi connectivity index (χ1n) is 8.15. The quantitative estimate of drug-likeness (QED) is 0.783. The minimum Gasteiger partial charge on any atom is -0.355 e. The standard InChI is InChI=1S/C17H17N7O/c25-17(15-11-24(22-21-15)13-6-2-1-3-7-13)20-14-10-18-12-19-16(14)23-8-4-5-9-23/h1-3,6-7,10-12H,4-5,8-9H2,(H,20,25). The molecule has 4 rings (SSSR count). The Hall–Kier alpha value is -3.29. The Labute approximate surface area is 144 Å². The van der Waals surface area contributed by atoms with E-state index in [1.165, 1.54) is 6.33 Å². The highest BCUT2D eigenvalue weighted by Crippen LogP contribution is 2.25. The molecule has 126 valence electrons. The number of anilines is 2. The van der Waals surface area contributed by atoms with Crippen LogP contribution >= 0.6 is 0 Å². The second kappa shape index (κ2) is 6.68. The molecule has 1 saturated heterocycles. The van der Waals surface area contributed by atoms with Crippen LogP contribution in [0.5, 0.6) is 0 Å². The van der Waals surface area contributed by atoms with Crippen molar-refractivity contribution in [1.82, 2.24) is 25.0 Å². The topological polar surface area (TPSA) is 88.8 Å². The van der Waals surface area contributed by atoms with Crippen molar-refractivity contribution in [3.05, 3.63) is 54.7 Å². The van der Waals surface area contributed by atoms with E-state index < -0.39 is 0 Å². The lowest BCUT2D eigenvalue weighted by Gasteiger charge is -2.19. The molecule has 8 heteroatoms. The molecular formula is C17H17N7O. The van der Waals surface area contributed by atoms with Crippen molar-refractivity contribution in [3.63, 3.8) is 0 Å². The fraction of sp³-hybridized carbons (Fsp3) is 0.235. The van der Waals surface area contributed by atoms with E-state index in [9.17, 15) is 4.79 Å². The molecule has 8 nitrogen and oxygen atoms in total. The Balaban J connectivity index is 1.54. The van der Waals surface area contributed by atoms with Crippen LogP contribution < -0.4 is 10.2 Å². The number of carbonyl (C=O) groups excluding carboxylic acids is 1. The Bertz CT molecular complexity index is 871. The molecule has 1 N–H and O–H groups in total. The van der Waals surface area contributed by atoms with Crippen molar-refractivity contribution >= 4 is 17.4 Å². The van der Waals surface area contributed by atoms with Crippen LogP contribution in [0.25, 0.3) is 5.69 Å². The summed E-state index contributed by atoms with van der Waals surface area (Å²) in [7, 11) is 0. The summed E-state index contributed by atoms with van der Waals surface area (Å²) in [5.74, 6) is 0.411. The van der Waals surface area contributed by atoms with Crippen LogP contribution in [0.4, 0.5) is 11.5 Å². The summed E-state index contributed by atoms with van der Waals surface area (Å²) in [4.78, 5) is 23.0. The highest BCUT2D eigenvalue weighted by atomic mass is 16.2. The maximum Gasteiger partial charge on any atom is 0.278 e. The van der Waals surface area contributed by atoms with Gasteiger partial charge in [-0.25, -0.2) is 14.6 Å². The average Bonchev–Trinajstić information content (AvgIpc) is 3.35. The van der Waals surface area contributed by atoms with Gasteiger partial charge < -0.3 is 10.2 Å². The van der Waals surface area contributed by atoms with Crippen LogP contribution in [-0.4, -0.2) is 44.0 Å². The first-order valence-corrected chi connectivity index (χ1v) is 8.15. The van der Waals surface area contributed by atoms with Gasteiger partial charge in [-0.2, -0.15) is 0 Å². The SMILES string of the molecule is O=C(Nc1cncnc1N1CCCC1)c1cn(-c2ccccc2)nn1. The van der Waals surface area contributed by atoms with Crippen LogP contribution in [0.15, 0.2) is 49.1 Å². The minimum atomic E-state index is -0.336. The number of aromatic nitrogens is 5. The normalized spacial score (nSPS) is 13.8. The molecule has 1 amide bonds. The van der Waals surface area contributed by atoms with Gasteiger partial charge in [0.15, 0.2) is 11.5 Å². The third-order valence-corrected chi connectivity index (χ3v) is 4.09. The summed E-state index contributed by atoms with van der Waals surface area (Å²) in [6.07, 6.45) is 6.96. The van der Waals surface area contributed by atoms with Gasteiger partial charge in [0.05, 0.1) is 18.1 Å². The first-order chi connectivity index (χ1) is 12.3. The van der Waals surface area contributed by atoms with Crippen LogP contribution in [0.1, 0.15) is 23.3 Å². The molecule has 1 aliphatic heterocycles. The lowest BCUT2D eigenvalue weighted by Crippen LogP contribution is -2.22. The Kier molecular flexibility index (Phi) is 4.07. The number of carbonyl (C=O) groups is 1. The van der Waals surface area contributed by atoms with E-state index in [1.807, 2.05) is 30.3 Å². The van der Waals surface area contributed by atoms with Crippen molar-refractivity contribution in [2.45, 2.75) is 12.8 Å². The van der Waals surface area contributed by atoms with Crippen LogP contribution in [-0.2, 0) is 0 Å². The van der Waals surface area contributed by atoms with E-state index >= 15 is 0 Å². The summed E-state index contributed by atoms with van der Waals surface area (Å²) in [6.45, 7) is 1.87. The van der Waals surface area contributed by atoms with E-state index in [-0.39, 0.29) is 11.6 Å². The zero-order valence-electron chi connectivity index (χ0n) is 13.5. The van der Waals surface area contributed by atoms with Crippen LogP contribution in [0.2, 0.25) is 0 Å². The fourth-order valence-corrected chi connectivity index (χ4v) is 2.85. The summed E-state index contributed by atoms with van der Waals surface area (Å²) >= 11 is 0. The zero-order chi connectivity index (χ0) is 17.1. The minimum absolute atomic E-state index is 0.236. The van der Waals surface area contributed by atoms with Gasteiger partial charge in [-0.3, -0.25) is 4.79 Å².